The Labute approximate surface area is 218 Å². The number of carbonyl (C=O) groups is 2. The number of amides is 2. The van der Waals surface area contributed by atoms with Crippen molar-refractivity contribution in [3.05, 3.63) is 77.4 Å². The molecule has 5 N–H and O–H groups in total. The molecule has 1 fully saturated rings. The van der Waals surface area contributed by atoms with E-state index in [0.717, 1.165) is 12.0 Å². The molecule has 1 aliphatic heterocycles. The van der Waals surface area contributed by atoms with Crippen molar-refractivity contribution >= 4 is 29.4 Å². The van der Waals surface area contributed by atoms with E-state index in [1.807, 2.05) is 18.2 Å². The van der Waals surface area contributed by atoms with Crippen molar-refractivity contribution in [2.45, 2.75) is 47.0 Å². The van der Waals surface area contributed by atoms with Crippen molar-refractivity contribution in [1.29, 1.82) is 0 Å². The molecule has 0 atom stereocenters. The minimum atomic E-state index is -0.405. The van der Waals surface area contributed by atoms with E-state index in [2.05, 4.69) is 24.9 Å². The molecule has 6 nitrogen and oxygen atoms in total. The summed E-state index contributed by atoms with van der Waals surface area (Å²) in [7, 11) is 1.50. The zero-order valence-corrected chi connectivity index (χ0v) is 22.3. The molecule has 200 valence electrons. The third-order valence-electron chi connectivity index (χ3n) is 5.31. The fraction of sp³-hybridized carbons (Fsp3) is 0.310. The Morgan fingerprint density at radius 2 is 1.65 bits per heavy atom. The summed E-state index contributed by atoms with van der Waals surface area (Å²) in [5.74, 6) is -0.660. The van der Waals surface area contributed by atoms with Crippen LogP contribution in [0.4, 0.5) is 25.8 Å². The van der Waals surface area contributed by atoms with Gasteiger partial charge in [-0.15, -0.1) is 0 Å². The second-order valence-electron chi connectivity index (χ2n) is 8.26. The summed E-state index contributed by atoms with van der Waals surface area (Å²) in [5.41, 5.74) is 14.3. The first-order valence-corrected chi connectivity index (χ1v) is 12.2. The molecule has 37 heavy (non-hydrogen) atoms. The third-order valence-corrected chi connectivity index (χ3v) is 5.31. The molecule has 3 aromatic rings. The Bertz CT molecular complexity index is 1170. The van der Waals surface area contributed by atoms with Gasteiger partial charge >= 0.3 is 0 Å². The summed E-state index contributed by atoms with van der Waals surface area (Å²) in [6.07, 6.45) is 3.06. The highest BCUT2D eigenvalue weighted by atomic mass is 19.1. The number of rotatable bonds is 4. The predicted octanol–water partition coefficient (Wildman–Crippen LogP) is 6.20. The van der Waals surface area contributed by atoms with Crippen LogP contribution in [0.2, 0.25) is 0 Å². The Balaban J connectivity index is 0.000000360. The highest BCUT2D eigenvalue weighted by Gasteiger charge is 2.25. The van der Waals surface area contributed by atoms with Crippen molar-refractivity contribution in [1.82, 2.24) is 0 Å². The summed E-state index contributed by atoms with van der Waals surface area (Å²) in [6, 6.07) is 15.3. The van der Waals surface area contributed by atoms with Crippen LogP contribution in [0.15, 0.2) is 54.6 Å². The molecule has 8 heteroatoms. The molecule has 0 saturated carbocycles. The number of nitrogen functional groups attached to an aromatic ring is 1. The number of para-hydroxylation sites is 1. The SMILES string of the molecule is CCC.CN.Cc1c(N2CCCC2=O)ccc(-c2ccccc2N)c1F.Cc1ccc(NC=O)c(F)c1. The quantitative estimate of drug-likeness (QED) is 0.286. The van der Waals surface area contributed by atoms with Gasteiger partial charge in [-0.2, -0.15) is 0 Å². The molecule has 0 bridgehead atoms. The second kappa shape index (κ2) is 16.1. The molecule has 0 radical (unpaired) electrons. The van der Waals surface area contributed by atoms with Crippen LogP contribution in [-0.2, 0) is 9.59 Å². The standard InChI is InChI=1S/C17H17FN2O.C8H8FNO.C3H8.CH5N/c1-11-15(20-10-4-7-16(20)21)9-8-13(17(11)18)12-5-2-3-6-14(12)19;1-6-2-3-8(10-5-11)7(9)4-6;1-3-2;1-2/h2-3,5-6,8-9H,4,7,10,19H2,1H3;2-5H,1H3,(H,10,11);3H2,1-2H3;2H2,1H3. The van der Waals surface area contributed by atoms with Gasteiger partial charge in [0, 0.05) is 41.0 Å². The summed E-state index contributed by atoms with van der Waals surface area (Å²) in [5, 5.41) is 2.25. The van der Waals surface area contributed by atoms with Crippen LogP contribution in [-0.4, -0.2) is 25.9 Å². The highest BCUT2D eigenvalue weighted by molar-refractivity contribution is 5.96. The summed E-state index contributed by atoms with van der Waals surface area (Å²) in [6.45, 7) is 8.40. The van der Waals surface area contributed by atoms with Crippen molar-refractivity contribution < 1.29 is 18.4 Å². The van der Waals surface area contributed by atoms with Gasteiger partial charge in [-0.3, -0.25) is 9.59 Å². The minimum absolute atomic E-state index is 0.0597. The number of benzene rings is 3. The first-order chi connectivity index (χ1) is 17.7. The molecule has 0 aromatic heterocycles. The Hall–Kier alpha value is -3.78. The van der Waals surface area contributed by atoms with Crippen molar-refractivity contribution in [2.75, 3.05) is 29.5 Å². The molecule has 1 aliphatic rings. The maximum absolute atomic E-state index is 14.7. The van der Waals surface area contributed by atoms with E-state index in [0.29, 0.717) is 47.4 Å². The number of hydrogen-bond donors (Lipinski definition) is 3. The van der Waals surface area contributed by atoms with Gasteiger partial charge in [0.15, 0.2) is 0 Å². The Morgan fingerprint density at radius 1 is 1.00 bits per heavy atom. The molecule has 0 spiro atoms. The molecule has 4 rings (SSSR count). The van der Waals surface area contributed by atoms with E-state index in [1.165, 1.54) is 25.6 Å². The van der Waals surface area contributed by atoms with Gasteiger partial charge in [0.2, 0.25) is 12.3 Å². The lowest BCUT2D eigenvalue weighted by Gasteiger charge is -2.20. The first kappa shape index (κ1) is 31.3. The second-order valence-corrected chi connectivity index (χ2v) is 8.26. The molecule has 1 saturated heterocycles. The van der Waals surface area contributed by atoms with Crippen molar-refractivity contribution in [2.24, 2.45) is 5.73 Å². The summed E-state index contributed by atoms with van der Waals surface area (Å²) < 4.78 is 27.5. The van der Waals surface area contributed by atoms with E-state index in [1.54, 1.807) is 43.0 Å². The van der Waals surface area contributed by atoms with E-state index in [4.69, 9.17) is 5.73 Å². The molecule has 0 aliphatic carbocycles. The van der Waals surface area contributed by atoms with E-state index in [9.17, 15) is 18.4 Å². The largest absolute Gasteiger partial charge is 0.398 e. The normalized spacial score (nSPS) is 11.8. The number of aryl methyl sites for hydroxylation is 1. The molecule has 1 heterocycles. The van der Waals surface area contributed by atoms with Crippen LogP contribution in [0.5, 0.6) is 0 Å². The smallest absolute Gasteiger partial charge is 0.227 e. The van der Waals surface area contributed by atoms with E-state index in [-0.39, 0.29) is 17.4 Å². The lowest BCUT2D eigenvalue weighted by Crippen LogP contribution is -2.24. The van der Waals surface area contributed by atoms with E-state index >= 15 is 0 Å². The molecular weight excluding hydrogens is 474 g/mol. The van der Waals surface area contributed by atoms with Crippen LogP contribution >= 0.6 is 0 Å². The lowest BCUT2D eigenvalue weighted by molar-refractivity contribution is -0.117. The first-order valence-electron chi connectivity index (χ1n) is 12.2. The van der Waals surface area contributed by atoms with E-state index < -0.39 is 5.82 Å². The van der Waals surface area contributed by atoms with Crippen molar-refractivity contribution in [3.8, 4) is 11.1 Å². The number of hydrogen-bond acceptors (Lipinski definition) is 4. The predicted molar refractivity (Wildman–Crippen MR) is 149 cm³/mol. The van der Waals surface area contributed by atoms with Gasteiger partial charge in [0.05, 0.1) is 5.69 Å². The Morgan fingerprint density at radius 3 is 2.19 bits per heavy atom. The van der Waals surface area contributed by atoms with Gasteiger partial charge in [-0.25, -0.2) is 8.78 Å². The van der Waals surface area contributed by atoms with Crippen LogP contribution in [0.3, 0.4) is 0 Å². The van der Waals surface area contributed by atoms with Crippen LogP contribution < -0.4 is 21.7 Å². The van der Waals surface area contributed by atoms with Gasteiger partial charge in [-0.1, -0.05) is 44.5 Å². The van der Waals surface area contributed by atoms with Gasteiger partial charge in [-0.05, 0) is 63.2 Å². The summed E-state index contributed by atoms with van der Waals surface area (Å²) in [4.78, 5) is 23.4. The zero-order chi connectivity index (χ0) is 28.0. The van der Waals surface area contributed by atoms with Crippen LogP contribution in [0.25, 0.3) is 11.1 Å². The average molecular weight is 513 g/mol. The van der Waals surface area contributed by atoms with Crippen LogP contribution in [0, 0.1) is 25.5 Å². The minimum Gasteiger partial charge on any atom is -0.398 e. The lowest BCUT2D eigenvalue weighted by atomic mass is 9.99. The fourth-order valence-electron chi connectivity index (χ4n) is 3.62. The van der Waals surface area contributed by atoms with Gasteiger partial charge in [0.1, 0.15) is 11.6 Å². The van der Waals surface area contributed by atoms with Crippen LogP contribution in [0.1, 0.15) is 44.2 Å². The number of halogens is 2. The molecule has 0 unspecified atom stereocenters. The number of carbonyl (C=O) groups excluding carboxylic acids is 2. The molecule has 2 amide bonds. The number of nitrogens with two attached hydrogens (primary N) is 2. The maximum Gasteiger partial charge on any atom is 0.227 e. The number of nitrogens with zero attached hydrogens (tertiary/aromatic N) is 1. The fourth-order valence-corrected chi connectivity index (χ4v) is 3.62. The molecular formula is C29H38F2N4O2. The highest BCUT2D eigenvalue weighted by Crippen LogP contribution is 2.34. The maximum atomic E-state index is 14.7. The van der Waals surface area contributed by atoms with Gasteiger partial charge < -0.3 is 21.7 Å². The monoisotopic (exact) mass is 512 g/mol. The average Bonchev–Trinajstić information content (AvgIpc) is 3.31. The van der Waals surface area contributed by atoms with Gasteiger partial charge in [0.25, 0.3) is 0 Å². The molecule has 3 aromatic carbocycles. The number of nitrogens with one attached hydrogen (secondary N) is 1. The Kier molecular flexibility index (Phi) is 13.6. The van der Waals surface area contributed by atoms with Crippen molar-refractivity contribution in [3.63, 3.8) is 0 Å². The number of anilines is 3. The topological polar surface area (TPSA) is 101 Å². The summed E-state index contributed by atoms with van der Waals surface area (Å²) >= 11 is 0. The zero-order valence-electron chi connectivity index (χ0n) is 22.3. The third kappa shape index (κ3) is 8.68.